The average molecular weight is 445 g/mol. The van der Waals surface area contributed by atoms with Gasteiger partial charge >= 0.3 is 0 Å². The number of hydrogen-bond donors (Lipinski definition) is 2. The Bertz CT molecular complexity index is 1200. The monoisotopic (exact) mass is 444 g/mol. The van der Waals surface area contributed by atoms with Crippen molar-refractivity contribution in [3.8, 4) is 11.5 Å². The lowest BCUT2D eigenvalue weighted by atomic mass is 10.1. The van der Waals surface area contributed by atoms with Crippen molar-refractivity contribution in [2.75, 3.05) is 11.5 Å². The number of carbonyl (C=O) groups is 1. The molecule has 0 unspecified atom stereocenters. The van der Waals surface area contributed by atoms with Gasteiger partial charge in [0, 0.05) is 22.8 Å². The Morgan fingerprint density at radius 3 is 2.53 bits per heavy atom. The number of benzene rings is 3. The lowest BCUT2D eigenvalue weighted by molar-refractivity contribution is 0.0951. The molecule has 0 saturated heterocycles. The summed E-state index contributed by atoms with van der Waals surface area (Å²) in [7, 11) is -3.80. The van der Waals surface area contributed by atoms with E-state index in [-0.39, 0.29) is 29.8 Å². The number of ether oxygens (including phenoxy) is 2. The van der Waals surface area contributed by atoms with Gasteiger partial charge in [-0.05, 0) is 60.2 Å². The largest absolute Gasteiger partial charge is 0.454 e. The van der Waals surface area contributed by atoms with Gasteiger partial charge in [-0.1, -0.05) is 23.7 Å². The van der Waals surface area contributed by atoms with Crippen LogP contribution in [-0.2, 0) is 16.6 Å². The third-order valence-corrected chi connectivity index (χ3v) is 6.04. The molecule has 154 valence electrons. The summed E-state index contributed by atoms with van der Waals surface area (Å²) in [5.41, 5.74) is 1.46. The number of hydrogen-bond acceptors (Lipinski definition) is 5. The predicted octanol–water partition coefficient (Wildman–Crippen LogP) is 3.80. The van der Waals surface area contributed by atoms with Gasteiger partial charge in [0.25, 0.3) is 15.9 Å². The number of sulfonamides is 1. The number of carbonyl (C=O) groups excluding carboxylic acids is 1. The van der Waals surface area contributed by atoms with Gasteiger partial charge < -0.3 is 14.8 Å². The SMILES string of the molecule is O=C(NCc1ccc2c(c1)OCO2)c1cccc(NS(=O)(=O)c2ccc(Cl)cc2)c1. The summed E-state index contributed by atoms with van der Waals surface area (Å²) in [4.78, 5) is 12.6. The highest BCUT2D eigenvalue weighted by atomic mass is 35.5. The van der Waals surface area contributed by atoms with Crippen LogP contribution < -0.4 is 19.5 Å². The zero-order chi connectivity index (χ0) is 21.1. The minimum Gasteiger partial charge on any atom is -0.454 e. The minimum atomic E-state index is -3.80. The van der Waals surface area contributed by atoms with Gasteiger partial charge in [0.2, 0.25) is 6.79 Å². The fourth-order valence-electron chi connectivity index (χ4n) is 2.89. The van der Waals surface area contributed by atoms with E-state index >= 15 is 0 Å². The smallest absolute Gasteiger partial charge is 0.261 e. The highest BCUT2D eigenvalue weighted by Crippen LogP contribution is 2.32. The Hall–Kier alpha value is -3.23. The molecule has 0 aromatic heterocycles. The fraction of sp³-hybridized carbons (Fsp3) is 0.0952. The highest BCUT2D eigenvalue weighted by Gasteiger charge is 2.16. The molecule has 9 heteroatoms. The molecular weight excluding hydrogens is 428 g/mol. The summed E-state index contributed by atoms with van der Waals surface area (Å²) < 4.78 is 38.1. The summed E-state index contributed by atoms with van der Waals surface area (Å²) in [6, 6.07) is 17.5. The van der Waals surface area contributed by atoms with Crippen LogP contribution in [0.3, 0.4) is 0 Å². The molecular formula is C21H17ClN2O5S. The first-order valence-electron chi connectivity index (χ1n) is 8.96. The van der Waals surface area contributed by atoms with Crippen molar-refractivity contribution >= 4 is 33.2 Å². The summed E-state index contributed by atoms with van der Waals surface area (Å²) in [5, 5.41) is 3.25. The van der Waals surface area contributed by atoms with E-state index in [1.54, 1.807) is 30.3 Å². The van der Waals surface area contributed by atoms with Gasteiger partial charge in [0.05, 0.1) is 4.90 Å². The number of rotatable bonds is 6. The zero-order valence-electron chi connectivity index (χ0n) is 15.6. The molecule has 2 N–H and O–H groups in total. The standard InChI is InChI=1S/C21H17ClN2O5S/c22-16-5-7-18(8-6-16)30(26,27)24-17-3-1-2-15(11-17)21(25)23-12-14-4-9-19-20(10-14)29-13-28-19/h1-11,24H,12-13H2,(H,23,25). The first-order valence-corrected chi connectivity index (χ1v) is 10.8. The number of fused-ring (bicyclic) bond motifs is 1. The predicted molar refractivity (Wildman–Crippen MR) is 112 cm³/mol. The first kappa shape index (κ1) is 20.1. The van der Waals surface area contributed by atoms with Gasteiger partial charge in [-0.3, -0.25) is 9.52 Å². The van der Waals surface area contributed by atoms with E-state index in [0.717, 1.165) is 5.56 Å². The van der Waals surface area contributed by atoms with E-state index in [9.17, 15) is 13.2 Å². The van der Waals surface area contributed by atoms with E-state index in [2.05, 4.69) is 10.0 Å². The Kier molecular flexibility index (Phi) is 5.52. The van der Waals surface area contributed by atoms with Crippen molar-refractivity contribution in [1.82, 2.24) is 5.32 Å². The third-order valence-electron chi connectivity index (χ3n) is 4.39. The van der Waals surface area contributed by atoms with Crippen molar-refractivity contribution in [3.05, 3.63) is 82.9 Å². The molecule has 0 aliphatic carbocycles. The van der Waals surface area contributed by atoms with Crippen molar-refractivity contribution < 1.29 is 22.7 Å². The second-order valence-corrected chi connectivity index (χ2v) is 8.63. The average Bonchev–Trinajstić information content (AvgIpc) is 3.20. The number of amides is 1. The summed E-state index contributed by atoms with van der Waals surface area (Å²) in [6.07, 6.45) is 0. The van der Waals surface area contributed by atoms with Gasteiger partial charge in [-0.15, -0.1) is 0 Å². The van der Waals surface area contributed by atoms with Crippen LogP contribution in [0.25, 0.3) is 0 Å². The molecule has 1 aliphatic heterocycles. The van der Waals surface area contributed by atoms with E-state index in [1.165, 1.54) is 30.3 Å². The molecule has 0 fully saturated rings. The minimum absolute atomic E-state index is 0.0737. The van der Waals surface area contributed by atoms with E-state index in [0.29, 0.717) is 22.1 Å². The van der Waals surface area contributed by atoms with Crippen LogP contribution in [0.4, 0.5) is 5.69 Å². The first-order chi connectivity index (χ1) is 14.4. The molecule has 3 aromatic rings. The highest BCUT2D eigenvalue weighted by molar-refractivity contribution is 7.92. The van der Waals surface area contributed by atoms with E-state index in [4.69, 9.17) is 21.1 Å². The molecule has 30 heavy (non-hydrogen) atoms. The molecule has 0 spiro atoms. The van der Waals surface area contributed by atoms with Crippen LogP contribution >= 0.6 is 11.6 Å². The maximum Gasteiger partial charge on any atom is 0.261 e. The lowest BCUT2D eigenvalue weighted by Gasteiger charge is -2.10. The molecule has 7 nitrogen and oxygen atoms in total. The van der Waals surface area contributed by atoms with Crippen LogP contribution in [0.15, 0.2) is 71.6 Å². The molecule has 0 saturated carbocycles. The maximum absolute atomic E-state index is 12.5. The maximum atomic E-state index is 12.5. The molecule has 3 aromatic carbocycles. The zero-order valence-corrected chi connectivity index (χ0v) is 17.2. The lowest BCUT2D eigenvalue weighted by Crippen LogP contribution is -2.23. The molecule has 4 rings (SSSR count). The van der Waals surface area contributed by atoms with Crippen molar-refractivity contribution in [1.29, 1.82) is 0 Å². The van der Waals surface area contributed by atoms with E-state index < -0.39 is 10.0 Å². The van der Waals surface area contributed by atoms with Crippen LogP contribution in [0.2, 0.25) is 5.02 Å². The van der Waals surface area contributed by atoms with Crippen molar-refractivity contribution in [3.63, 3.8) is 0 Å². The summed E-state index contributed by atoms with van der Waals surface area (Å²) in [6.45, 7) is 0.472. The Balaban J connectivity index is 1.43. The Labute approximate surface area is 178 Å². The number of anilines is 1. The van der Waals surface area contributed by atoms with Gasteiger partial charge in [0.15, 0.2) is 11.5 Å². The summed E-state index contributed by atoms with van der Waals surface area (Å²) >= 11 is 5.81. The second kappa shape index (κ2) is 8.25. The topological polar surface area (TPSA) is 93.7 Å². The molecule has 1 aliphatic rings. The van der Waals surface area contributed by atoms with Gasteiger partial charge in [-0.25, -0.2) is 8.42 Å². The number of halogens is 1. The molecule has 1 heterocycles. The number of nitrogens with one attached hydrogen (secondary N) is 2. The second-order valence-electron chi connectivity index (χ2n) is 6.51. The van der Waals surface area contributed by atoms with E-state index in [1.807, 2.05) is 6.07 Å². The van der Waals surface area contributed by atoms with Crippen LogP contribution in [0, 0.1) is 0 Å². The van der Waals surface area contributed by atoms with Gasteiger partial charge in [-0.2, -0.15) is 0 Å². The molecule has 0 bridgehead atoms. The van der Waals surface area contributed by atoms with Crippen LogP contribution in [-0.4, -0.2) is 21.1 Å². The Morgan fingerprint density at radius 1 is 0.967 bits per heavy atom. The Morgan fingerprint density at radius 2 is 1.73 bits per heavy atom. The van der Waals surface area contributed by atoms with Crippen molar-refractivity contribution in [2.24, 2.45) is 0 Å². The fourth-order valence-corrected chi connectivity index (χ4v) is 4.06. The van der Waals surface area contributed by atoms with Crippen LogP contribution in [0.5, 0.6) is 11.5 Å². The van der Waals surface area contributed by atoms with Crippen LogP contribution in [0.1, 0.15) is 15.9 Å². The van der Waals surface area contributed by atoms with Gasteiger partial charge in [0.1, 0.15) is 0 Å². The molecule has 0 radical (unpaired) electrons. The molecule has 0 atom stereocenters. The molecule has 1 amide bonds. The third kappa shape index (κ3) is 4.50. The summed E-state index contributed by atoms with van der Waals surface area (Å²) in [5.74, 6) is 0.978. The quantitative estimate of drug-likeness (QED) is 0.603. The normalized spacial score (nSPS) is 12.4. The van der Waals surface area contributed by atoms with Crippen molar-refractivity contribution in [2.45, 2.75) is 11.4 Å².